The second-order valence-corrected chi connectivity index (χ2v) is 5.83. The molecule has 0 atom stereocenters. The maximum Gasteiger partial charge on any atom is 0.234 e. The van der Waals surface area contributed by atoms with Crippen LogP contribution in [-0.4, -0.2) is 33.5 Å². The van der Waals surface area contributed by atoms with Crippen LogP contribution in [0.2, 0.25) is 5.02 Å². The van der Waals surface area contributed by atoms with Gasteiger partial charge in [-0.05, 0) is 17.7 Å². The standard InChI is InChI=1S/C13H13ClN4OS/c1-19-7-6-11-15-16-13-18(11)17-12(20-13)8-9-2-4-10(14)5-3-9/h2-5H,6-8H2,1H3. The first kappa shape index (κ1) is 13.5. The van der Waals surface area contributed by atoms with Crippen molar-refractivity contribution in [2.45, 2.75) is 12.8 Å². The van der Waals surface area contributed by atoms with Crippen LogP contribution in [0.5, 0.6) is 0 Å². The third-order valence-corrected chi connectivity index (χ3v) is 4.05. The van der Waals surface area contributed by atoms with Gasteiger partial charge in [0.25, 0.3) is 0 Å². The van der Waals surface area contributed by atoms with Crippen LogP contribution in [0, 0.1) is 0 Å². The summed E-state index contributed by atoms with van der Waals surface area (Å²) in [6.45, 7) is 0.616. The highest BCUT2D eigenvalue weighted by Crippen LogP contribution is 2.19. The maximum absolute atomic E-state index is 5.88. The van der Waals surface area contributed by atoms with Gasteiger partial charge in [-0.3, -0.25) is 0 Å². The zero-order valence-electron chi connectivity index (χ0n) is 10.9. The average Bonchev–Trinajstić information content (AvgIpc) is 2.99. The highest BCUT2D eigenvalue weighted by atomic mass is 35.5. The molecule has 20 heavy (non-hydrogen) atoms. The minimum absolute atomic E-state index is 0.616. The number of fused-ring (bicyclic) bond motifs is 1. The molecule has 0 fully saturated rings. The van der Waals surface area contributed by atoms with Gasteiger partial charge < -0.3 is 4.74 Å². The quantitative estimate of drug-likeness (QED) is 0.727. The fourth-order valence-electron chi connectivity index (χ4n) is 1.89. The lowest BCUT2D eigenvalue weighted by molar-refractivity contribution is 0.200. The van der Waals surface area contributed by atoms with Crippen molar-refractivity contribution in [3.05, 3.63) is 45.7 Å². The van der Waals surface area contributed by atoms with Crippen LogP contribution in [0.1, 0.15) is 16.4 Å². The fourth-order valence-corrected chi connectivity index (χ4v) is 2.91. The van der Waals surface area contributed by atoms with E-state index in [0.717, 1.165) is 27.2 Å². The zero-order chi connectivity index (χ0) is 13.9. The van der Waals surface area contributed by atoms with Crippen LogP contribution >= 0.6 is 22.9 Å². The molecular weight excluding hydrogens is 296 g/mol. The molecule has 0 saturated carbocycles. The second kappa shape index (κ2) is 5.87. The van der Waals surface area contributed by atoms with Crippen LogP contribution in [0.4, 0.5) is 0 Å². The summed E-state index contributed by atoms with van der Waals surface area (Å²) in [5.41, 5.74) is 1.18. The topological polar surface area (TPSA) is 52.3 Å². The van der Waals surface area contributed by atoms with E-state index in [-0.39, 0.29) is 0 Å². The summed E-state index contributed by atoms with van der Waals surface area (Å²) in [6.07, 6.45) is 1.48. The Hall–Kier alpha value is -1.50. The number of rotatable bonds is 5. The Labute approximate surface area is 125 Å². The van der Waals surface area contributed by atoms with Crippen LogP contribution < -0.4 is 0 Å². The van der Waals surface area contributed by atoms with Crippen molar-refractivity contribution in [1.82, 2.24) is 19.8 Å². The molecule has 0 radical (unpaired) electrons. The third-order valence-electron chi connectivity index (χ3n) is 2.90. The van der Waals surface area contributed by atoms with Gasteiger partial charge in [-0.1, -0.05) is 35.1 Å². The summed E-state index contributed by atoms with van der Waals surface area (Å²) in [5, 5.41) is 14.6. The number of aromatic nitrogens is 4. The molecule has 0 spiro atoms. The van der Waals surface area contributed by atoms with Gasteiger partial charge in [-0.2, -0.15) is 9.61 Å². The van der Waals surface area contributed by atoms with Crippen molar-refractivity contribution in [3.63, 3.8) is 0 Å². The Morgan fingerprint density at radius 2 is 2.05 bits per heavy atom. The van der Waals surface area contributed by atoms with Gasteiger partial charge >= 0.3 is 0 Å². The van der Waals surface area contributed by atoms with Crippen molar-refractivity contribution >= 4 is 27.9 Å². The Kier molecular flexibility index (Phi) is 3.95. The van der Waals surface area contributed by atoms with E-state index in [4.69, 9.17) is 16.3 Å². The molecule has 0 unspecified atom stereocenters. The third kappa shape index (κ3) is 2.82. The fraction of sp³-hybridized carbons (Fsp3) is 0.308. The smallest absolute Gasteiger partial charge is 0.234 e. The molecule has 0 aliphatic rings. The van der Waals surface area contributed by atoms with E-state index in [1.807, 2.05) is 24.3 Å². The van der Waals surface area contributed by atoms with E-state index in [1.54, 1.807) is 23.0 Å². The van der Waals surface area contributed by atoms with Gasteiger partial charge in [-0.15, -0.1) is 10.2 Å². The maximum atomic E-state index is 5.88. The number of nitrogens with zero attached hydrogens (tertiary/aromatic N) is 4. The van der Waals surface area contributed by atoms with Crippen LogP contribution in [-0.2, 0) is 17.6 Å². The summed E-state index contributed by atoms with van der Waals surface area (Å²) >= 11 is 7.44. The summed E-state index contributed by atoms with van der Waals surface area (Å²) < 4.78 is 6.86. The summed E-state index contributed by atoms with van der Waals surface area (Å²) in [5.74, 6) is 0.834. The van der Waals surface area contributed by atoms with Crippen molar-refractivity contribution in [2.24, 2.45) is 0 Å². The number of hydrogen-bond acceptors (Lipinski definition) is 5. The van der Waals surface area contributed by atoms with Crippen molar-refractivity contribution in [2.75, 3.05) is 13.7 Å². The Morgan fingerprint density at radius 3 is 2.80 bits per heavy atom. The predicted molar refractivity (Wildman–Crippen MR) is 78.5 cm³/mol. The Bertz CT molecular complexity index is 707. The van der Waals surface area contributed by atoms with Gasteiger partial charge in [0.1, 0.15) is 5.01 Å². The molecule has 0 N–H and O–H groups in total. The number of halogens is 1. The van der Waals surface area contributed by atoms with Gasteiger partial charge in [0, 0.05) is 25.0 Å². The molecule has 0 saturated heterocycles. The summed E-state index contributed by atoms with van der Waals surface area (Å²) in [7, 11) is 1.67. The minimum Gasteiger partial charge on any atom is -0.384 e. The largest absolute Gasteiger partial charge is 0.384 e. The first-order valence-electron chi connectivity index (χ1n) is 6.19. The Balaban J connectivity index is 1.82. The summed E-state index contributed by atoms with van der Waals surface area (Å²) in [6, 6.07) is 7.80. The lowest BCUT2D eigenvalue weighted by Gasteiger charge is -1.97. The van der Waals surface area contributed by atoms with Crippen LogP contribution in [0.15, 0.2) is 24.3 Å². The monoisotopic (exact) mass is 308 g/mol. The molecule has 2 aromatic heterocycles. The van der Waals surface area contributed by atoms with Crippen molar-refractivity contribution < 1.29 is 4.74 Å². The number of ether oxygens (including phenoxy) is 1. The molecule has 3 rings (SSSR count). The average molecular weight is 309 g/mol. The van der Waals surface area contributed by atoms with Crippen molar-refractivity contribution in [3.8, 4) is 0 Å². The highest BCUT2D eigenvalue weighted by Gasteiger charge is 2.11. The van der Waals surface area contributed by atoms with Gasteiger partial charge in [-0.25, -0.2) is 0 Å². The normalized spacial score (nSPS) is 11.3. The van der Waals surface area contributed by atoms with E-state index < -0.39 is 0 Å². The summed E-state index contributed by atoms with van der Waals surface area (Å²) in [4.78, 5) is 0.820. The van der Waals surface area contributed by atoms with Gasteiger partial charge in [0.2, 0.25) is 4.96 Å². The van der Waals surface area contributed by atoms with Crippen LogP contribution in [0.3, 0.4) is 0 Å². The molecule has 0 aliphatic heterocycles. The number of hydrogen-bond donors (Lipinski definition) is 0. The second-order valence-electron chi connectivity index (χ2n) is 4.35. The molecule has 3 aromatic rings. The molecular formula is C13H13ClN4OS. The molecule has 0 amide bonds. The molecule has 104 valence electrons. The van der Waals surface area contributed by atoms with E-state index in [1.165, 1.54) is 5.56 Å². The molecule has 0 aliphatic carbocycles. The van der Waals surface area contributed by atoms with Crippen molar-refractivity contribution in [1.29, 1.82) is 0 Å². The molecule has 0 bridgehead atoms. The number of methoxy groups -OCH3 is 1. The highest BCUT2D eigenvalue weighted by molar-refractivity contribution is 7.16. The molecule has 5 nitrogen and oxygen atoms in total. The SMILES string of the molecule is COCCc1nnc2sc(Cc3ccc(Cl)cc3)nn12. The van der Waals surface area contributed by atoms with Crippen LogP contribution in [0.25, 0.3) is 4.96 Å². The van der Waals surface area contributed by atoms with E-state index >= 15 is 0 Å². The molecule has 1 aromatic carbocycles. The minimum atomic E-state index is 0.616. The first-order valence-corrected chi connectivity index (χ1v) is 7.39. The Morgan fingerprint density at radius 1 is 1.25 bits per heavy atom. The number of benzene rings is 1. The first-order chi connectivity index (χ1) is 9.76. The lowest BCUT2D eigenvalue weighted by Crippen LogP contribution is -2.01. The zero-order valence-corrected chi connectivity index (χ0v) is 12.5. The van der Waals surface area contributed by atoms with Gasteiger partial charge in [0.15, 0.2) is 5.82 Å². The van der Waals surface area contributed by atoms with Gasteiger partial charge in [0.05, 0.1) is 6.61 Å². The van der Waals surface area contributed by atoms with E-state index in [2.05, 4.69) is 15.3 Å². The van der Waals surface area contributed by atoms with E-state index in [0.29, 0.717) is 13.0 Å². The lowest BCUT2D eigenvalue weighted by atomic mass is 10.2. The van der Waals surface area contributed by atoms with E-state index in [9.17, 15) is 0 Å². The predicted octanol–water partition coefficient (Wildman–Crippen LogP) is 2.62. The molecule has 7 heteroatoms. The molecule has 2 heterocycles.